The van der Waals surface area contributed by atoms with Crippen molar-refractivity contribution in [2.75, 3.05) is 19.6 Å². The second-order valence-corrected chi connectivity index (χ2v) is 5.78. The standard InChI is InChI=1S/C16H24N2O/c1-2-9-18-14-12-16(7-10-17-11-8-16)19-15-6-4-3-5-13(14)15/h3-6,14,17-18H,2,7-12H2,1H3. The molecule has 1 aromatic rings. The third-order valence-electron chi connectivity index (χ3n) is 4.35. The molecular weight excluding hydrogens is 236 g/mol. The van der Waals surface area contributed by atoms with Crippen molar-refractivity contribution in [2.24, 2.45) is 0 Å². The highest BCUT2D eigenvalue weighted by molar-refractivity contribution is 5.39. The molecule has 0 saturated carbocycles. The predicted molar refractivity (Wildman–Crippen MR) is 77.6 cm³/mol. The fourth-order valence-electron chi connectivity index (χ4n) is 3.31. The maximum absolute atomic E-state index is 6.39. The quantitative estimate of drug-likeness (QED) is 0.876. The second kappa shape index (κ2) is 5.51. The van der Waals surface area contributed by atoms with Crippen molar-refractivity contribution >= 4 is 0 Å². The van der Waals surface area contributed by atoms with Gasteiger partial charge >= 0.3 is 0 Å². The molecule has 2 N–H and O–H groups in total. The first-order valence-corrected chi connectivity index (χ1v) is 7.55. The lowest BCUT2D eigenvalue weighted by molar-refractivity contribution is 0.00322. The van der Waals surface area contributed by atoms with Gasteiger partial charge in [0.2, 0.25) is 0 Å². The highest BCUT2D eigenvalue weighted by Crippen LogP contribution is 2.43. The van der Waals surface area contributed by atoms with Crippen LogP contribution in [0.5, 0.6) is 5.75 Å². The molecule has 2 aliphatic heterocycles. The summed E-state index contributed by atoms with van der Waals surface area (Å²) in [5, 5.41) is 7.14. The third kappa shape index (κ3) is 2.63. The molecule has 3 nitrogen and oxygen atoms in total. The first-order valence-electron chi connectivity index (χ1n) is 7.55. The summed E-state index contributed by atoms with van der Waals surface area (Å²) < 4.78 is 6.39. The van der Waals surface area contributed by atoms with Gasteiger partial charge in [0.05, 0.1) is 0 Å². The van der Waals surface area contributed by atoms with E-state index in [-0.39, 0.29) is 5.60 Å². The van der Waals surface area contributed by atoms with Crippen molar-refractivity contribution in [1.29, 1.82) is 0 Å². The van der Waals surface area contributed by atoms with Gasteiger partial charge in [-0.15, -0.1) is 0 Å². The SMILES string of the molecule is CCCNC1CC2(CCNCC2)Oc2ccccc21. The number of piperidine rings is 1. The largest absolute Gasteiger partial charge is 0.487 e. The third-order valence-corrected chi connectivity index (χ3v) is 4.35. The van der Waals surface area contributed by atoms with E-state index in [0.29, 0.717) is 6.04 Å². The van der Waals surface area contributed by atoms with Crippen LogP contribution >= 0.6 is 0 Å². The van der Waals surface area contributed by atoms with E-state index >= 15 is 0 Å². The van der Waals surface area contributed by atoms with Gasteiger partial charge in [0.1, 0.15) is 11.4 Å². The Bertz CT molecular complexity index is 427. The molecule has 1 unspecified atom stereocenters. The number of ether oxygens (including phenoxy) is 1. The van der Waals surface area contributed by atoms with E-state index in [1.165, 1.54) is 12.0 Å². The average molecular weight is 260 g/mol. The molecule has 19 heavy (non-hydrogen) atoms. The molecule has 104 valence electrons. The second-order valence-electron chi connectivity index (χ2n) is 5.78. The van der Waals surface area contributed by atoms with Crippen LogP contribution in [0.25, 0.3) is 0 Å². The Labute approximate surface area is 115 Å². The molecule has 1 fully saturated rings. The maximum atomic E-state index is 6.39. The van der Waals surface area contributed by atoms with E-state index in [0.717, 1.165) is 44.6 Å². The minimum absolute atomic E-state index is 0.0466. The Morgan fingerprint density at radius 1 is 1.32 bits per heavy atom. The molecule has 1 aromatic carbocycles. The van der Waals surface area contributed by atoms with Crippen molar-refractivity contribution in [1.82, 2.24) is 10.6 Å². The van der Waals surface area contributed by atoms with Gasteiger partial charge in [-0.2, -0.15) is 0 Å². The minimum atomic E-state index is 0.0466. The molecular formula is C16H24N2O. The molecule has 1 atom stereocenters. The van der Waals surface area contributed by atoms with Crippen molar-refractivity contribution in [3.8, 4) is 5.75 Å². The highest BCUT2D eigenvalue weighted by Gasteiger charge is 2.41. The van der Waals surface area contributed by atoms with E-state index in [1.807, 2.05) is 0 Å². The van der Waals surface area contributed by atoms with Crippen molar-refractivity contribution < 1.29 is 4.74 Å². The number of nitrogens with one attached hydrogen (secondary N) is 2. The molecule has 2 aliphatic rings. The number of benzene rings is 1. The number of hydrogen-bond acceptors (Lipinski definition) is 3. The molecule has 3 rings (SSSR count). The van der Waals surface area contributed by atoms with Gasteiger partial charge in [0.25, 0.3) is 0 Å². The van der Waals surface area contributed by atoms with Gasteiger partial charge < -0.3 is 15.4 Å². The lowest BCUT2D eigenvalue weighted by atomic mass is 9.81. The summed E-state index contributed by atoms with van der Waals surface area (Å²) in [6.07, 6.45) is 4.51. The predicted octanol–water partition coefficient (Wildman–Crippen LogP) is 2.63. The molecule has 0 radical (unpaired) electrons. The smallest absolute Gasteiger partial charge is 0.124 e. The van der Waals surface area contributed by atoms with Crippen LogP contribution in [-0.2, 0) is 0 Å². The number of fused-ring (bicyclic) bond motifs is 1. The first kappa shape index (κ1) is 12.9. The van der Waals surface area contributed by atoms with Gasteiger partial charge in [0, 0.05) is 18.0 Å². The number of para-hydroxylation sites is 1. The molecule has 0 amide bonds. The van der Waals surface area contributed by atoms with Crippen LogP contribution in [-0.4, -0.2) is 25.2 Å². The van der Waals surface area contributed by atoms with Gasteiger partial charge in [-0.3, -0.25) is 0 Å². The van der Waals surface area contributed by atoms with E-state index < -0.39 is 0 Å². The van der Waals surface area contributed by atoms with E-state index in [2.05, 4.69) is 41.8 Å². The van der Waals surface area contributed by atoms with Crippen LogP contribution in [0.1, 0.15) is 44.2 Å². The maximum Gasteiger partial charge on any atom is 0.124 e. The minimum Gasteiger partial charge on any atom is -0.487 e. The van der Waals surface area contributed by atoms with Crippen LogP contribution in [0.15, 0.2) is 24.3 Å². The van der Waals surface area contributed by atoms with Crippen molar-refractivity contribution in [3.05, 3.63) is 29.8 Å². The summed E-state index contributed by atoms with van der Waals surface area (Å²) in [7, 11) is 0. The van der Waals surface area contributed by atoms with Crippen LogP contribution in [0.4, 0.5) is 0 Å². The summed E-state index contributed by atoms with van der Waals surface area (Å²) in [5.74, 6) is 1.09. The lowest BCUT2D eigenvalue weighted by Crippen LogP contribution is -2.50. The summed E-state index contributed by atoms with van der Waals surface area (Å²) >= 11 is 0. The van der Waals surface area contributed by atoms with Crippen LogP contribution < -0.4 is 15.4 Å². The fourth-order valence-corrected chi connectivity index (χ4v) is 3.31. The van der Waals surface area contributed by atoms with Crippen LogP contribution in [0.3, 0.4) is 0 Å². The van der Waals surface area contributed by atoms with Gasteiger partial charge in [-0.1, -0.05) is 25.1 Å². The highest BCUT2D eigenvalue weighted by atomic mass is 16.5. The molecule has 3 heteroatoms. The van der Waals surface area contributed by atoms with E-state index in [9.17, 15) is 0 Å². The molecule has 1 saturated heterocycles. The molecule has 0 bridgehead atoms. The van der Waals surface area contributed by atoms with Crippen molar-refractivity contribution in [2.45, 2.75) is 44.2 Å². The van der Waals surface area contributed by atoms with E-state index in [1.54, 1.807) is 0 Å². The monoisotopic (exact) mass is 260 g/mol. The summed E-state index contributed by atoms with van der Waals surface area (Å²) in [6, 6.07) is 8.97. The Morgan fingerprint density at radius 2 is 2.11 bits per heavy atom. The average Bonchev–Trinajstić information content (AvgIpc) is 2.45. The van der Waals surface area contributed by atoms with Gasteiger partial charge in [-0.05, 0) is 45.0 Å². The summed E-state index contributed by atoms with van der Waals surface area (Å²) in [5.41, 5.74) is 1.38. The zero-order valence-electron chi connectivity index (χ0n) is 11.7. The normalized spacial score (nSPS) is 24.8. The van der Waals surface area contributed by atoms with Crippen molar-refractivity contribution in [3.63, 3.8) is 0 Å². The van der Waals surface area contributed by atoms with Gasteiger partial charge in [-0.25, -0.2) is 0 Å². The molecule has 0 aliphatic carbocycles. The fraction of sp³-hybridized carbons (Fsp3) is 0.625. The zero-order valence-corrected chi connectivity index (χ0v) is 11.7. The number of hydrogen-bond donors (Lipinski definition) is 2. The summed E-state index contributed by atoms with van der Waals surface area (Å²) in [6.45, 7) is 5.44. The molecule has 2 heterocycles. The molecule has 1 spiro atoms. The van der Waals surface area contributed by atoms with E-state index in [4.69, 9.17) is 4.74 Å². The lowest BCUT2D eigenvalue weighted by Gasteiger charge is -2.45. The first-order chi connectivity index (χ1) is 9.33. The van der Waals surface area contributed by atoms with Crippen LogP contribution in [0, 0.1) is 0 Å². The Hall–Kier alpha value is -1.06. The Kier molecular flexibility index (Phi) is 3.76. The topological polar surface area (TPSA) is 33.3 Å². The zero-order chi connectivity index (χ0) is 13.1. The number of rotatable bonds is 3. The Balaban J connectivity index is 1.86. The molecule has 0 aromatic heterocycles. The Morgan fingerprint density at radius 3 is 2.89 bits per heavy atom. The van der Waals surface area contributed by atoms with Gasteiger partial charge in [0.15, 0.2) is 0 Å². The van der Waals surface area contributed by atoms with Crippen LogP contribution in [0.2, 0.25) is 0 Å². The summed E-state index contributed by atoms with van der Waals surface area (Å²) in [4.78, 5) is 0.